The number of aryl methyl sites for hydroxylation is 2. The second kappa shape index (κ2) is 6.27. The molecule has 1 aromatic rings. The number of hydrogen-bond donors (Lipinski definition) is 0. The molecule has 2 aliphatic carbocycles. The number of rotatable bonds is 3. The second-order valence-electron chi connectivity index (χ2n) is 8.77. The van der Waals surface area contributed by atoms with E-state index in [1.54, 1.807) is 16.7 Å². The van der Waals surface area contributed by atoms with Gasteiger partial charge in [-0.1, -0.05) is 31.7 Å². The van der Waals surface area contributed by atoms with Crippen molar-refractivity contribution in [1.29, 1.82) is 0 Å². The molecule has 0 saturated carbocycles. The molecule has 1 spiro atoms. The summed E-state index contributed by atoms with van der Waals surface area (Å²) in [5.74, 6) is 1.91. The van der Waals surface area contributed by atoms with Crippen LogP contribution in [0.2, 0.25) is 0 Å². The third-order valence-corrected chi connectivity index (χ3v) is 7.50. The van der Waals surface area contributed by atoms with E-state index in [1.807, 2.05) is 6.92 Å². The van der Waals surface area contributed by atoms with Gasteiger partial charge in [-0.15, -0.1) is 0 Å². The van der Waals surface area contributed by atoms with Crippen LogP contribution >= 0.6 is 0 Å². The predicted octanol–water partition coefficient (Wildman–Crippen LogP) is 4.80. The molecular weight excluding hydrogens is 318 g/mol. The summed E-state index contributed by atoms with van der Waals surface area (Å²) in [4.78, 5) is 2.54. The summed E-state index contributed by atoms with van der Waals surface area (Å²) in [6.45, 7) is 14.2. The van der Waals surface area contributed by atoms with Crippen molar-refractivity contribution in [2.45, 2.75) is 64.5 Å². The lowest BCUT2D eigenvalue weighted by Gasteiger charge is -2.55. The largest absolute Gasteiger partial charge is 0.491 e. The van der Waals surface area contributed by atoms with Gasteiger partial charge in [0.1, 0.15) is 6.10 Å². The number of allylic oxidation sites excluding steroid dienone is 1. The quantitative estimate of drug-likeness (QED) is 0.573. The van der Waals surface area contributed by atoms with E-state index in [9.17, 15) is 0 Å². The monoisotopic (exact) mass is 351 g/mol. The van der Waals surface area contributed by atoms with Crippen LogP contribution in [0.25, 0.3) is 0 Å². The molecule has 1 aliphatic heterocycles. The van der Waals surface area contributed by atoms with Gasteiger partial charge >= 0.3 is 0 Å². The minimum atomic E-state index is 0.149. The Hall–Kier alpha value is -1.54. The molecule has 4 rings (SSSR count). The summed E-state index contributed by atoms with van der Waals surface area (Å²) >= 11 is 0. The van der Waals surface area contributed by atoms with E-state index in [-0.39, 0.29) is 11.5 Å². The van der Waals surface area contributed by atoms with Crippen molar-refractivity contribution in [3.63, 3.8) is 0 Å². The summed E-state index contributed by atoms with van der Waals surface area (Å²) in [5.41, 5.74) is 6.51. The van der Waals surface area contributed by atoms with Gasteiger partial charge in [0, 0.05) is 23.3 Å². The van der Waals surface area contributed by atoms with Crippen LogP contribution < -0.4 is 0 Å². The van der Waals surface area contributed by atoms with E-state index in [2.05, 4.69) is 63.6 Å². The first-order valence-electron chi connectivity index (χ1n) is 10.2. The molecule has 1 fully saturated rings. The van der Waals surface area contributed by atoms with E-state index in [1.165, 1.54) is 18.5 Å². The van der Waals surface area contributed by atoms with Crippen LogP contribution in [-0.2, 0) is 23.0 Å². The number of fused-ring (bicyclic) bond motifs is 1. The number of nitrogens with zero attached hydrogens (tertiary/aromatic N) is 1. The van der Waals surface area contributed by atoms with Crippen LogP contribution in [0.5, 0.6) is 0 Å². The average Bonchev–Trinajstić information content (AvgIpc) is 2.96. The summed E-state index contributed by atoms with van der Waals surface area (Å²) in [6, 6.07) is 5.28. The molecule has 1 heterocycles. The standard InChI is InChI=1S/C24H33NO/c1-7-18-9-8-16(4)19-14-21-22(26-15(2)3)11-10-20-17(5)25(6)13-12-24(20,21)23(18)19/h8-11,17,20-22H,2,7,12-14H2,1,3-6H3/t17?,20?,21?,22-,24?/m0/s1. The highest BCUT2D eigenvalue weighted by Crippen LogP contribution is 2.59. The van der Waals surface area contributed by atoms with Crippen LogP contribution in [0.15, 0.2) is 36.6 Å². The van der Waals surface area contributed by atoms with Gasteiger partial charge in [0.15, 0.2) is 0 Å². The van der Waals surface area contributed by atoms with Gasteiger partial charge in [-0.2, -0.15) is 0 Å². The first-order chi connectivity index (χ1) is 12.4. The minimum Gasteiger partial charge on any atom is -0.491 e. The van der Waals surface area contributed by atoms with Gasteiger partial charge in [0.2, 0.25) is 0 Å². The molecular formula is C24H33NO. The van der Waals surface area contributed by atoms with Gasteiger partial charge in [-0.3, -0.25) is 0 Å². The first-order valence-corrected chi connectivity index (χ1v) is 10.2. The summed E-state index contributed by atoms with van der Waals surface area (Å²) < 4.78 is 6.26. The summed E-state index contributed by atoms with van der Waals surface area (Å²) in [6.07, 6.45) is 8.45. The van der Waals surface area contributed by atoms with Crippen LogP contribution in [0.1, 0.15) is 49.4 Å². The fraction of sp³-hybridized carbons (Fsp3) is 0.583. The summed E-state index contributed by atoms with van der Waals surface area (Å²) in [5, 5.41) is 0. The number of hydrogen-bond acceptors (Lipinski definition) is 2. The molecule has 2 nitrogen and oxygen atoms in total. The van der Waals surface area contributed by atoms with Gasteiger partial charge in [-0.25, -0.2) is 0 Å². The van der Waals surface area contributed by atoms with E-state index >= 15 is 0 Å². The molecule has 3 aliphatic rings. The third-order valence-electron chi connectivity index (χ3n) is 7.50. The third kappa shape index (κ3) is 2.34. The lowest BCUT2D eigenvalue weighted by atomic mass is 9.55. The van der Waals surface area contributed by atoms with E-state index < -0.39 is 0 Å². The smallest absolute Gasteiger partial charge is 0.120 e. The molecule has 5 atom stereocenters. The normalized spacial score (nSPS) is 35.6. The Labute approximate surface area is 158 Å². The van der Waals surface area contributed by atoms with E-state index in [0.717, 1.165) is 18.6 Å². The number of ether oxygens (including phenoxy) is 1. The van der Waals surface area contributed by atoms with E-state index in [0.29, 0.717) is 17.9 Å². The molecule has 0 aromatic heterocycles. The molecule has 26 heavy (non-hydrogen) atoms. The molecule has 4 unspecified atom stereocenters. The fourth-order valence-corrected chi connectivity index (χ4v) is 6.14. The molecule has 140 valence electrons. The number of likely N-dealkylation sites (tertiary alicyclic amines) is 1. The highest BCUT2D eigenvalue weighted by Gasteiger charge is 2.59. The molecule has 1 saturated heterocycles. The minimum absolute atomic E-state index is 0.149. The van der Waals surface area contributed by atoms with Crippen molar-refractivity contribution in [3.8, 4) is 0 Å². The van der Waals surface area contributed by atoms with Crippen molar-refractivity contribution in [3.05, 3.63) is 58.9 Å². The molecule has 0 amide bonds. The van der Waals surface area contributed by atoms with Gasteiger partial charge < -0.3 is 9.64 Å². The predicted molar refractivity (Wildman–Crippen MR) is 108 cm³/mol. The van der Waals surface area contributed by atoms with Crippen LogP contribution in [0, 0.1) is 18.8 Å². The number of piperidine rings is 1. The van der Waals surface area contributed by atoms with Gasteiger partial charge in [0.25, 0.3) is 0 Å². The Kier molecular flexibility index (Phi) is 4.30. The van der Waals surface area contributed by atoms with E-state index in [4.69, 9.17) is 4.74 Å². The Morgan fingerprint density at radius 1 is 1.35 bits per heavy atom. The zero-order valence-electron chi connectivity index (χ0n) is 17.0. The molecule has 1 aromatic carbocycles. The summed E-state index contributed by atoms with van der Waals surface area (Å²) in [7, 11) is 2.28. The zero-order chi connectivity index (χ0) is 18.6. The maximum absolute atomic E-state index is 6.26. The van der Waals surface area contributed by atoms with Crippen molar-refractivity contribution in [2.24, 2.45) is 11.8 Å². The zero-order valence-corrected chi connectivity index (χ0v) is 17.0. The lowest BCUT2D eigenvalue weighted by Crippen LogP contribution is -2.58. The SMILES string of the molecule is C=C(C)O[C@H]1C=CC2C(C)N(C)CCC23c2c(CC)ccc(C)c2CC13. The van der Waals surface area contributed by atoms with Gasteiger partial charge in [-0.05, 0) is 82.0 Å². The first kappa shape index (κ1) is 17.9. The van der Waals surface area contributed by atoms with Crippen LogP contribution in [0.3, 0.4) is 0 Å². The van der Waals surface area contributed by atoms with Crippen molar-refractivity contribution in [1.82, 2.24) is 4.90 Å². The topological polar surface area (TPSA) is 12.5 Å². The van der Waals surface area contributed by atoms with Gasteiger partial charge in [0.05, 0.1) is 5.76 Å². The highest BCUT2D eigenvalue weighted by molar-refractivity contribution is 5.53. The maximum Gasteiger partial charge on any atom is 0.120 e. The molecule has 0 N–H and O–H groups in total. The fourth-order valence-electron chi connectivity index (χ4n) is 6.14. The van der Waals surface area contributed by atoms with Crippen molar-refractivity contribution < 1.29 is 4.74 Å². The average molecular weight is 352 g/mol. The molecule has 0 radical (unpaired) electrons. The lowest BCUT2D eigenvalue weighted by molar-refractivity contribution is -0.0137. The van der Waals surface area contributed by atoms with Crippen molar-refractivity contribution >= 4 is 0 Å². The van der Waals surface area contributed by atoms with Crippen LogP contribution in [0.4, 0.5) is 0 Å². The molecule has 2 heteroatoms. The van der Waals surface area contributed by atoms with Crippen molar-refractivity contribution in [2.75, 3.05) is 13.6 Å². The molecule has 0 bridgehead atoms. The Bertz CT molecular complexity index is 764. The second-order valence-corrected chi connectivity index (χ2v) is 8.77. The highest BCUT2D eigenvalue weighted by atomic mass is 16.5. The number of benzene rings is 1. The Morgan fingerprint density at radius 3 is 2.81 bits per heavy atom. The maximum atomic E-state index is 6.26. The Morgan fingerprint density at radius 2 is 2.12 bits per heavy atom. The van der Waals surface area contributed by atoms with Crippen LogP contribution in [-0.4, -0.2) is 30.6 Å². The Balaban J connectivity index is 1.93.